The molecule has 62 heavy (non-hydrogen) atoms. The number of aromatic amines is 1. The van der Waals surface area contributed by atoms with E-state index in [4.69, 9.17) is 28.0 Å². The van der Waals surface area contributed by atoms with Crippen molar-refractivity contribution in [3.8, 4) is 17.6 Å². The van der Waals surface area contributed by atoms with Crippen LogP contribution in [0.4, 0.5) is 0 Å². The fourth-order valence-electron chi connectivity index (χ4n) is 7.56. The second-order valence-corrected chi connectivity index (χ2v) is 16.7. The maximum absolute atomic E-state index is 13.6. The number of methoxy groups -OCH3 is 2. The fraction of sp³-hybridized carbons (Fsp3) is 0.362. The molecule has 1 aliphatic rings. The van der Waals surface area contributed by atoms with Gasteiger partial charge in [0.25, 0.3) is 20.0 Å². The van der Waals surface area contributed by atoms with E-state index in [0.717, 1.165) is 22.3 Å². The van der Waals surface area contributed by atoms with Gasteiger partial charge in [0.15, 0.2) is 0 Å². The zero-order chi connectivity index (χ0) is 44.2. The molecule has 1 fully saturated rings. The first-order chi connectivity index (χ1) is 30.0. The van der Waals surface area contributed by atoms with Crippen LogP contribution in [-0.2, 0) is 30.7 Å². The average Bonchev–Trinajstić information content (AvgIpc) is 3.68. The summed E-state index contributed by atoms with van der Waals surface area (Å²) in [7, 11) is 1.45. The molecule has 2 N–H and O–H groups in total. The zero-order valence-electron chi connectivity index (χ0n) is 35.9. The number of carbonyl (C=O) groups is 1. The van der Waals surface area contributed by atoms with Gasteiger partial charge in [-0.1, -0.05) is 84.9 Å². The number of carbonyl (C=O) groups excluding carboxylic acids is 1. The van der Waals surface area contributed by atoms with Crippen LogP contribution < -0.4 is 26.0 Å². The molecule has 1 unspecified atom stereocenters. The van der Waals surface area contributed by atoms with Crippen LogP contribution in [0.3, 0.4) is 0 Å². The molecule has 0 spiro atoms. The lowest BCUT2D eigenvalue weighted by Crippen LogP contribution is -2.40. The van der Waals surface area contributed by atoms with Gasteiger partial charge in [0.1, 0.15) is 35.0 Å². The lowest BCUT2D eigenvalue weighted by Gasteiger charge is -2.39. The van der Waals surface area contributed by atoms with Crippen LogP contribution in [0.2, 0.25) is 0 Å². The Morgan fingerprint density at radius 3 is 2.00 bits per heavy atom. The van der Waals surface area contributed by atoms with Crippen LogP contribution in [0.25, 0.3) is 0 Å². The maximum atomic E-state index is 13.6. The van der Waals surface area contributed by atoms with Crippen molar-refractivity contribution in [2.75, 3.05) is 27.4 Å². The second kappa shape index (κ2) is 21.4. The molecule has 0 radical (unpaired) electrons. The number of rotatable bonds is 20. The van der Waals surface area contributed by atoms with Crippen LogP contribution in [0, 0.1) is 11.3 Å². The van der Waals surface area contributed by atoms with Crippen molar-refractivity contribution in [1.29, 1.82) is 5.26 Å². The van der Waals surface area contributed by atoms with Crippen LogP contribution in [-0.4, -0.2) is 71.9 Å². The lowest BCUT2D eigenvalue weighted by molar-refractivity contribution is -0.0926. The van der Waals surface area contributed by atoms with E-state index < -0.39 is 49.7 Å². The molecule has 5 aromatic rings. The van der Waals surface area contributed by atoms with E-state index in [-0.39, 0.29) is 50.2 Å². The summed E-state index contributed by atoms with van der Waals surface area (Å²) in [6, 6.07) is 36.6. The van der Waals surface area contributed by atoms with Crippen molar-refractivity contribution in [2.24, 2.45) is 0 Å². The lowest BCUT2D eigenvalue weighted by atomic mass is 9.80. The summed E-state index contributed by atoms with van der Waals surface area (Å²) in [6.45, 7) is 8.44. The van der Waals surface area contributed by atoms with Gasteiger partial charge in [-0.3, -0.25) is 19.1 Å². The first-order valence-electron chi connectivity index (χ1n) is 20.6. The van der Waals surface area contributed by atoms with Crippen molar-refractivity contribution >= 4 is 14.4 Å². The van der Waals surface area contributed by atoms with Gasteiger partial charge in [0, 0.05) is 31.2 Å². The van der Waals surface area contributed by atoms with E-state index in [1.807, 2.05) is 137 Å². The summed E-state index contributed by atoms with van der Waals surface area (Å²) in [6.07, 6.45) is -1.03. The van der Waals surface area contributed by atoms with Crippen molar-refractivity contribution in [2.45, 2.75) is 83.2 Å². The monoisotopic (exact) mass is 863 g/mol. The first-order valence-corrected chi connectivity index (χ1v) is 21.7. The van der Waals surface area contributed by atoms with Gasteiger partial charge in [-0.05, 0) is 74.2 Å². The van der Waals surface area contributed by atoms with Crippen molar-refractivity contribution in [3.63, 3.8) is 0 Å². The Labute approximate surface area is 363 Å². The Balaban J connectivity index is 1.42. The summed E-state index contributed by atoms with van der Waals surface area (Å²) >= 11 is 0. The molecule has 1 saturated heterocycles. The van der Waals surface area contributed by atoms with Crippen LogP contribution in [0.5, 0.6) is 11.5 Å². The number of H-pyrrole nitrogens is 1. The third kappa shape index (κ3) is 10.7. The van der Waals surface area contributed by atoms with E-state index in [1.165, 1.54) is 10.8 Å². The minimum Gasteiger partial charge on any atom is -0.497 e. The van der Waals surface area contributed by atoms with Crippen LogP contribution in [0.1, 0.15) is 79.4 Å². The summed E-state index contributed by atoms with van der Waals surface area (Å²) < 4.78 is 41.7. The highest BCUT2D eigenvalue weighted by Gasteiger charge is 2.45. The minimum absolute atomic E-state index is 0.00524. The van der Waals surface area contributed by atoms with Crippen LogP contribution >= 0.6 is 8.53 Å². The standard InChI is InChI=1S/C47H54N5O9P/c1-32(2)52(33(3)4)62(59-27-13-26-48)61-41-28-43(51-30-40(45(54)50-46(51)55)44(53)49-29-34-14-9-7-10-15-34)60-42(41)31-58-47(35-16-11-8-12-17-35,36-18-22-38(56-5)23-19-36)37-20-24-39(57-6)25-21-37/h7-12,14-25,30,32-33,41-43H,13,27-29,31H2,1-6H3,(H,49,53)(H,50,54,55)/t41-,42+,43+,62?/m0/s1. The topological polar surface area (TPSA) is 166 Å². The molecule has 6 rings (SSSR count). The number of benzene rings is 4. The molecule has 1 amide bonds. The number of amides is 1. The summed E-state index contributed by atoms with van der Waals surface area (Å²) in [4.78, 5) is 42.4. The predicted octanol–water partition coefficient (Wildman–Crippen LogP) is 7.44. The quantitative estimate of drug-likeness (QED) is 0.0454. The molecule has 0 aliphatic carbocycles. The van der Waals surface area contributed by atoms with Gasteiger partial charge in [-0.15, -0.1) is 0 Å². The third-order valence-electron chi connectivity index (χ3n) is 10.5. The average molecular weight is 864 g/mol. The Morgan fingerprint density at radius 2 is 1.45 bits per heavy atom. The van der Waals surface area contributed by atoms with E-state index in [0.29, 0.717) is 11.5 Å². The zero-order valence-corrected chi connectivity index (χ0v) is 36.7. The second-order valence-electron chi connectivity index (χ2n) is 15.2. The summed E-state index contributed by atoms with van der Waals surface area (Å²) in [5.41, 5.74) is 0.237. The molecule has 4 aromatic carbocycles. The summed E-state index contributed by atoms with van der Waals surface area (Å²) in [5.74, 6) is 0.690. The smallest absolute Gasteiger partial charge is 0.330 e. The number of nitrogens with one attached hydrogen (secondary N) is 2. The highest BCUT2D eigenvalue weighted by atomic mass is 31.2. The molecule has 14 nitrogen and oxygen atoms in total. The van der Waals surface area contributed by atoms with Gasteiger partial charge in [0.2, 0.25) is 0 Å². The van der Waals surface area contributed by atoms with Crippen LogP contribution in [0.15, 0.2) is 125 Å². The number of hydrogen-bond acceptors (Lipinski definition) is 11. The van der Waals surface area contributed by atoms with E-state index in [2.05, 4.69) is 21.0 Å². The molecule has 0 saturated carbocycles. The molecular formula is C47H54N5O9P. The minimum atomic E-state index is -1.77. The highest BCUT2D eigenvalue weighted by Crippen LogP contribution is 2.50. The predicted molar refractivity (Wildman–Crippen MR) is 236 cm³/mol. The Morgan fingerprint density at radius 1 is 0.887 bits per heavy atom. The Bertz CT molecular complexity index is 2310. The third-order valence-corrected chi connectivity index (χ3v) is 12.7. The Hall–Kier alpha value is -5.65. The van der Waals surface area contributed by atoms with Gasteiger partial charge < -0.3 is 33.3 Å². The highest BCUT2D eigenvalue weighted by molar-refractivity contribution is 7.44. The maximum Gasteiger partial charge on any atom is 0.330 e. The molecular weight excluding hydrogens is 810 g/mol. The van der Waals surface area contributed by atoms with Gasteiger partial charge >= 0.3 is 5.69 Å². The molecule has 1 aliphatic heterocycles. The Kier molecular flexibility index (Phi) is 15.9. The van der Waals surface area contributed by atoms with E-state index in [9.17, 15) is 19.6 Å². The molecule has 0 bridgehead atoms. The van der Waals surface area contributed by atoms with E-state index >= 15 is 0 Å². The number of ether oxygens (including phenoxy) is 4. The van der Waals surface area contributed by atoms with E-state index in [1.54, 1.807) is 14.2 Å². The molecule has 4 atom stereocenters. The molecule has 326 valence electrons. The molecule has 1 aromatic heterocycles. The normalized spacial score (nSPS) is 16.9. The van der Waals surface area contributed by atoms with Crippen molar-refractivity contribution < 1.29 is 32.8 Å². The molecule has 15 heteroatoms. The number of hydrogen-bond donors (Lipinski definition) is 2. The number of nitrogens with zero attached hydrogens (tertiary/aromatic N) is 3. The number of aromatic nitrogens is 2. The van der Waals surface area contributed by atoms with Crippen molar-refractivity contribution in [3.05, 3.63) is 164 Å². The van der Waals surface area contributed by atoms with Gasteiger partial charge in [-0.2, -0.15) is 5.26 Å². The number of nitriles is 1. The first kappa shape index (κ1) is 45.9. The summed E-state index contributed by atoms with van der Waals surface area (Å²) in [5, 5.41) is 12.2. The van der Waals surface area contributed by atoms with Gasteiger partial charge in [0.05, 0.1) is 46.0 Å². The van der Waals surface area contributed by atoms with Crippen molar-refractivity contribution in [1.82, 2.24) is 19.5 Å². The fourth-order valence-corrected chi connectivity index (χ4v) is 9.32. The SMILES string of the molecule is COc1ccc(C(OC[C@H]2O[C@@H](n3cc(C(=O)NCc4ccccc4)c(=O)[nH]c3=O)C[C@@H]2OP(OCCC#N)N(C(C)C)C(C)C)(c2ccccc2)c2ccc(OC)cc2)cc1. The molecule has 2 heterocycles. The van der Waals surface area contributed by atoms with Gasteiger partial charge in [-0.25, -0.2) is 9.46 Å². The largest absolute Gasteiger partial charge is 0.497 e.